The first-order chi connectivity index (χ1) is 9.24. The van der Waals surface area contributed by atoms with Crippen LogP contribution >= 0.6 is 11.3 Å². The van der Waals surface area contributed by atoms with E-state index in [1.165, 1.54) is 54.1 Å². The van der Waals surface area contributed by atoms with Crippen LogP contribution in [0.1, 0.15) is 60.1 Å². The zero-order valence-corrected chi connectivity index (χ0v) is 12.5. The standard InChI is InChI=1S/C15H24N2OS/c1-10-17-13-8-4-7-12(15(13)19-10)16-9-14(18)11-5-2-3-6-11/h11-12,14,16,18H,2-9H2,1H3. The van der Waals surface area contributed by atoms with Gasteiger partial charge in [-0.15, -0.1) is 11.3 Å². The van der Waals surface area contributed by atoms with Gasteiger partial charge in [-0.1, -0.05) is 12.8 Å². The normalized spacial score (nSPS) is 25.5. The van der Waals surface area contributed by atoms with Crippen LogP contribution in [0.4, 0.5) is 0 Å². The van der Waals surface area contributed by atoms with Gasteiger partial charge in [0.25, 0.3) is 0 Å². The highest BCUT2D eigenvalue weighted by atomic mass is 32.1. The summed E-state index contributed by atoms with van der Waals surface area (Å²) in [6, 6.07) is 0.422. The molecule has 0 amide bonds. The highest BCUT2D eigenvalue weighted by molar-refractivity contribution is 7.11. The molecule has 2 aliphatic carbocycles. The molecule has 3 nitrogen and oxygen atoms in total. The quantitative estimate of drug-likeness (QED) is 0.891. The fourth-order valence-electron chi connectivity index (χ4n) is 3.51. The topological polar surface area (TPSA) is 45.2 Å². The Balaban J connectivity index is 1.58. The Morgan fingerprint density at radius 3 is 2.89 bits per heavy atom. The molecule has 2 unspecified atom stereocenters. The summed E-state index contributed by atoms with van der Waals surface area (Å²) in [6.45, 7) is 2.83. The highest BCUT2D eigenvalue weighted by Gasteiger charge is 2.27. The van der Waals surface area contributed by atoms with E-state index in [9.17, 15) is 5.11 Å². The Hall–Kier alpha value is -0.450. The minimum absolute atomic E-state index is 0.165. The van der Waals surface area contributed by atoms with Gasteiger partial charge in [0.2, 0.25) is 0 Å². The molecule has 2 atom stereocenters. The summed E-state index contributed by atoms with van der Waals surface area (Å²) in [5, 5.41) is 15.0. The second kappa shape index (κ2) is 5.90. The summed E-state index contributed by atoms with van der Waals surface area (Å²) >= 11 is 1.83. The molecule has 2 aliphatic rings. The largest absolute Gasteiger partial charge is 0.392 e. The molecule has 0 bridgehead atoms. The van der Waals surface area contributed by atoms with Crippen molar-refractivity contribution in [1.82, 2.24) is 10.3 Å². The van der Waals surface area contributed by atoms with E-state index < -0.39 is 0 Å². The first kappa shape index (κ1) is 13.5. The third-order valence-corrected chi connectivity index (χ3v) is 5.70. The molecule has 0 spiro atoms. The second-order valence-electron chi connectivity index (χ2n) is 6.01. The summed E-state index contributed by atoms with van der Waals surface area (Å²) in [5.41, 5.74) is 1.29. The lowest BCUT2D eigenvalue weighted by atomic mass is 9.96. The molecule has 2 N–H and O–H groups in total. The van der Waals surface area contributed by atoms with E-state index in [0.29, 0.717) is 12.0 Å². The Labute approximate surface area is 119 Å². The molecule has 1 aromatic rings. The molecule has 0 radical (unpaired) electrons. The van der Waals surface area contributed by atoms with E-state index in [1.54, 1.807) is 0 Å². The lowest BCUT2D eigenvalue weighted by molar-refractivity contribution is 0.105. The molecule has 1 fully saturated rings. The molecule has 19 heavy (non-hydrogen) atoms. The molecule has 1 aromatic heterocycles. The minimum Gasteiger partial charge on any atom is -0.392 e. The van der Waals surface area contributed by atoms with Crippen molar-refractivity contribution < 1.29 is 5.11 Å². The molecule has 106 valence electrons. The summed E-state index contributed by atoms with van der Waals surface area (Å²) in [6.07, 6.45) is 8.37. The van der Waals surface area contributed by atoms with Crippen LogP contribution in [0.3, 0.4) is 0 Å². The summed E-state index contributed by atoms with van der Waals surface area (Å²) in [7, 11) is 0. The van der Waals surface area contributed by atoms with Crippen molar-refractivity contribution in [3.63, 3.8) is 0 Å². The molecule has 3 rings (SSSR count). The van der Waals surface area contributed by atoms with Gasteiger partial charge in [0.1, 0.15) is 0 Å². The van der Waals surface area contributed by atoms with Gasteiger partial charge >= 0.3 is 0 Å². The first-order valence-corrected chi connectivity index (χ1v) is 8.43. The number of rotatable bonds is 4. The SMILES string of the molecule is Cc1nc2c(s1)C(NCC(O)C1CCCC1)CCC2. The van der Waals surface area contributed by atoms with Gasteiger partial charge in [-0.2, -0.15) is 0 Å². The Morgan fingerprint density at radius 1 is 1.32 bits per heavy atom. The smallest absolute Gasteiger partial charge is 0.0900 e. The van der Waals surface area contributed by atoms with Gasteiger partial charge < -0.3 is 10.4 Å². The summed E-state index contributed by atoms with van der Waals surface area (Å²) in [4.78, 5) is 6.04. The van der Waals surface area contributed by atoms with Crippen molar-refractivity contribution in [2.45, 2.75) is 64.0 Å². The predicted molar refractivity (Wildman–Crippen MR) is 78.5 cm³/mol. The molecule has 0 aromatic carbocycles. The van der Waals surface area contributed by atoms with Crippen LogP contribution in [0.2, 0.25) is 0 Å². The van der Waals surface area contributed by atoms with Crippen LogP contribution in [-0.4, -0.2) is 22.7 Å². The van der Waals surface area contributed by atoms with Crippen LogP contribution in [0.5, 0.6) is 0 Å². The van der Waals surface area contributed by atoms with E-state index >= 15 is 0 Å². The predicted octanol–water partition coefficient (Wildman–Crippen LogP) is 2.97. The molecular formula is C15H24N2OS. The maximum atomic E-state index is 10.3. The molecular weight excluding hydrogens is 256 g/mol. The number of aryl methyl sites for hydroxylation is 2. The number of hydrogen-bond acceptors (Lipinski definition) is 4. The fourth-order valence-corrected chi connectivity index (χ4v) is 4.59. The average Bonchev–Trinajstić information content (AvgIpc) is 3.03. The van der Waals surface area contributed by atoms with Crippen molar-refractivity contribution in [3.8, 4) is 0 Å². The molecule has 1 heterocycles. The Morgan fingerprint density at radius 2 is 2.11 bits per heavy atom. The maximum absolute atomic E-state index is 10.3. The zero-order valence-electron chi connectivity index (χ0n) is 11.7. The van der Waals surface area contributed by atoms with Crippen LogP contribution < -0.4 is 5.32 Å². The van der Waals surface area contributed by atoms with Gasteiger partial charge in [0, 0.05) is 17.5 Å². The first-order valence-electron chi connectivity index (χ1n) is 7.61. The van der Waals surface area contributed by atoms with E-state index in [2.05, 4.69) is 17.2 Å². The molecule has 0 aliphatic heterocycles. The fraction of sp³-hybridized carbons (Fsp3) is 0.800. The molecule has 1 saturated carbocycles. The van der Waals surface area contributed by atoms with E-state index in [1.807, 2.05) is 11.3 Å². The zero-order chi connectivity index (χ0) is 13.2. The number of aliphatic hydroxyl groups excluding tert-OH is 1. The van der Waals surface area contributed by atoms with Gasteiger partial charge in [0.05, 0.1) is 16.8 Å². The monoisotopic (exact) mass is 280 g/mol. The van der Waals surface area contributed by atoms with Crippen LogP contribution in [0, 0.1) is 12.8 Å². The van der Waals surface area contributed by atoms with Gasteiger partial charge in [0.15, 0.2) is 0 Å². The molecule has 0 saturated heterocycles. The molecule has 4 heteroatoms. The van der Waals surface area contributed by atoms with Crippen molar-refractivity contribution in [2.75, 3.05) is 6.54 Å². The minimum atomic E-state index is -0.165. The van der Waals surface area contributed by atoms with E-state index in [-0.39, 0.29) is 6.10 Å². The number of hydrogen-bond donors (Lipinski definition) is 2. The van der Waals surface area contributed by atoms with Crippen LogP contribution in [-0.2, 0) is 6.42 Å². The Bertz CT molecular complexity index is 426. The summed E-state index contributed by atoms with van der Waals surface area (Å²) in [5.74, 6) is 0.527. The van der Waals surface area contributed by atoms with Crippen molar-refractivity contribution >= 4 is 11.3 Å². The number of thiazole rings is 1. The van der Waals surface area contributed by atoms with Gasteiger partial charge in [-0.3, -0.25) is 0 Å². The number of nitrogens with one attached hydrogen (secondary N) is 1. The van der Waals surface area contributed by atoms with E-state index in [4.69, 9.17) is 0 Å². The van der Waals surface area contributed by atoms with Crippen molar-refractivity contribution in [1.29, 1.82) is 0 Å². The van der Waals surface area contributed by atoms with E-state index in [0.717, 1.165) is 13.0 Å². The summed E-state index contributed by atoms with van der Waals surface area (Å²) < 4.78 is 0. The van der Waals surface area contributed by atoms with Crippen molar-refractivity contribution in [3.05, 3.63) is 15.6 Å². The van der Waals surface area contributed by atoms with Crippen LogP contribution in [0.15, 0.2) is 0 Å². The van der Waals surface area contributed by atoms with Gasteiger partial charge in [-0.05, 0) is 44.9 Å². The number of nitrogens with zero attached hydrogens (tertiary/aromatic N) is 1. The second-order valence-corrected chi connectivity index (χ2v) is 7.24. The lowest BCUT2D eigenvalue weighted by Gasteiger charge is -2.25. The number of fused-ring (bicyclic) bond motifs is 1. The highest BCUT2D eigenvalue weighted by Crippen LogP contribution is 2.34. The number of aromatic nitrogens is 1. The van der Waals surface area contributed by atoms with Crippen LogP contribution in [0.25, 0.3) is 0 Å². The van der Waals surface area contributed by atoms with Gasteiger partial charge in [-0.25, -0.2) is 4.98 Å². The average molecular weight is 280 g/mol. The Kier molecular flexibility index (Phi) is 4.20. The van der Waals surface area contributed by atoms with Crippen molar-refractivity contribution in [2.24, 2.45) is 5.92 Å². The third-order valence-electron chi connectivity index (χ3n) is 4.57. The lowest BCUT2D eigenvalue weighted by Crippen LogP contribution is -2.35. The third kappa shape index (κ3) is 3.01. The maximum Gasteiger partial charge on any atom is 0.0900 e. The number of aliphatic hydroxyl groups is 1.